The normalized spacial score (nSPS) is 23.5. The molecule has 6 heteroatoms. The first-order valence-electron chi connectivity index (χ1n) is 11.3. The van der Waals surface area contributed by atoms with Crippen LogP contribution in [0, 0.1) is 17.9 Å². The summed E-state index contributed by atoms with van der Waals surface area (Å²) in [5.74, 6) is 0.876. The molecule has 0 atom stereocenters. The van der Waals surface area contributed by atoms with Crippen molar-refractivity contribution in [2.24, 2.45) is 0 Å². The second kappa shape index (κ2) is 11.3. The van der Waals surface area contributed by atoms with Crippen LogP contribution in [0.5, 0.6) is 0 Å². The van der Waals surface area contributed by atoms with Gasteiger partial charge in [-0.1, -0.05) is 25.7 Å². The molecule has 0 aromatic heterocycles. The summed E-state index contributed by atoms with van der Waals surface area (Å²) in [6.07, 6.45) is 11.8. The molecule has 0 amide bonds. The number of nitriles is 1. The molecule has 3 aliphatic rings. The molecular formula is C22H36N6. The molecule has 2 aliphatic heterocycles. The Morgan fingerprint density at radius 2 is 1.64 bits per heavy atom. The average Bonchev–Trinajstić information content (AvgIpc) is 3.13. The number of allylic oxidation sites excluding steroid dienone is 1. The predicted octanol–water partition coefficient (Wildman–Crippen LogP) is 3.01. The summed E-state index contributed by atoms with van der Waals surface area (Å²) in [6, 6.07) is 2.80. The smallest absolute Gasteiger partial charge is 0.300 e. The van der Waals surface area contributed by atoms with E-state index in [-0.39, 0.29) is 5.70 Å². The van der Waals surface area contributed by atoms with Crippen LogP contribution < -0.4 is 5.32 Å². The lowest BCUT2D eigenvalue weighted by molar-refractivity contribution is 0.215. The van der Waals surface area contributed by atoms with Crippen molar-refractivity contribution >= 4 is 0 Å². The van der Waals surface area contributed by atoms with Gasteiger partial charge in [-0.25, -0.2) is 10.1 Å². The highest BCUT2D eigenvalue weighted by atomic mass is 15.4. The molecule has 0 bridgehead atoms. The Labute approximate surface area is 171 Å². The van der Waals surface area contributed by atoms with Crippen LogP contribution in [-0.4, -0.2) is 73.1 Å². The summed E-state index contributed by atoms with van der Waals surface area (Å²) in [7, 11) is 0. The topological polar surface area (TPSA) is 49.9 Å². The highest BCUT2D eigenvalue weighted by Gasteiger charge is 2.28. The number of piperidine rings is 1. The first-order valence-corrected chi connectivity index (χ1v) is 11.3. The van der Waals surface area contributed by atoms with E-state index in [9.17, 15) is 5.26 Å². The molecule has 0 spiro atoms. The van der Waals surface area contributed by atoms with Gasteiger partial charge in [0.05, 0.1) is 12.6 Å². The maximum Gasteiger partial charge on any atom is 0.300 e. The minimum atomic E-state index is 0.258. The zero-order valence-corrected chi connectivity index (χ0v) is 17.3. The fraction of sp³-hybridized carbons (Fsp3) is 0.818. The summed E-state index contributed by atoms with van der Waals surface area (Å²) in [5.41, 5.74) is 0.258. The Morgan fingerprint density at radius 1 is 0.964 bits per heavy atom. The van der Waals surface area contributed by atoms with Crippen molar-refractivity contribution in [3.63, 3.8) is 0 Å². The lowest BCUT2D eigenvalue weighted by atomic mass is 9.95. The second-order valence-electron chi connectivity index (χ2n) is 8.41. The quantitative estimate of drug-likeness (QED) is 0.515. The number of rotatable bonds is 8. The molecule has 0 aromatic carbocycles. The van der Waals surface area contributed by atoms with E-state index < -0.39 is 0 Å². The Bertz CT molecular complexity index is 539. The van der Waals surface area contributed by atoms with Gasteiger partial charge in [-0.15, -0.1) is 0 Å². The van der Waals surface area contributed by atoms with Crippen LogP contribution in [0.1, 0.15) is 57.8 Å². The highest BCUT2D eigenvalue weighted by Crippen LogP contribution is 2.23. The lowest BCUT2D eigenvalue weighted by Gasteiger charge is -2.29. The van der Waals surface area contributed by atoms with E-state index in [1.807, 2.05) is 0 Å². The Kier molecular flexibility index (Phi) is 8.45. The summed E-state index contributed by atoms with van der Waals surface area (Å²) in [6.45, 7) is 15.7. The number of likely N-dealkylation sites (tertiary alicyclic amines) is 1. The van der Waals surface area contributed by atoms with Gasteiger partial charge in [0.2, 0.25) is 0 Å². The Morgan fingerprint density at radius 3 is 2.32 bits per heavy atom. The Balaban J connectivity index is 1.50. The zero-order valence-electron chi connectivity index (χ0n) is 17.3. The van der Waals surface area contributed by atoms with Gasteiger partial charge in [-0.05, 0) is 51.7 Å². The van der Waals surface area contributed by atoms with Gasteiger partial charge in [0.15, 0.2) is 0 Å². The third-order valence-corrected chi connectivity index (χ3v) is 6.44. The standard InChI is InChI=1S/C22H36N6/c1-24-21(19-23)22-27(15-8-14-26-12-6-3-7-13-26)17-18-28(22)16-11-25-20-9-4-2-5-10-20/h20,25H,2-18H2. The van der Waals surface area contributed by atoms with E-state index in [1.54, 1.807) is 0 Å². The Hall–Kier alpha value is -1.76. The van der Waals surface area contributed by atoms with Gasteiger partial charge in [-0.2, -0.15) is 0 Å². The summed E-state index contributed by atoms with van der Waals surface area (Å²) in [5, 5.41) is 13.2. The summed E-state index contributed by atoms with van der Waals surface area (Å²) < 4.78 is 0. The van der Waals surface area contributed by atoms with Crippen LogP contribution in [0.4, 0.5) is 0 Å². The predicted molar refractivity (Wildman–Crippen MR) is 112 cm³/mol. The van der Waals surface area contributed by atoms with Gasteiger partial charge in [0, 0.05) is 38.8 Å². The van der Waals surface area contributed by atoms with Crippen LogP contribution in [0.3, 0.4) is 0 Å². The van der Waals surface area contributed by atoms with E-state index in [0.717, 1.165) is 51.5 Å². The number of hydrogen-bond acceptors (Lipinski definition) is 5. The maximum absolute atomic E-state index is 9.48. The lowest BCUT2D eigenvalue weighted by Crippen LogP contribution is -2.37. The van der Waals surface area contributed by atoms with Gasteiger partial charge < -0.3 is 20.0 Å². The van der Waals surface area contributed by atoms with E-state index >= 15 is 0 Å². The molecule has 0 aromatic rings. The van der Waals surface area contributed by atoms with Crippen LogP contribution in [0.25, 0.3) is 4.85 Å². The largest absolute Gasteiger partial charge is 0.365 e. The first kappa shape index (κ1) is 21.0. The third-order valence-electron chi connectivity index (χ3n) is 6.44. The monoisotopic (exact) mass is 384 g/mol. The molecule has 1 N–H and O–H groups in total. The maximum atomic E-state index is 9.48. The van der Waals surface area contributed by atoms with Crippen molar-refractivity contribution in [1.29, 1.82) is 5.26 Å². The SMILES string of the molecule is [C-]#[N+]C(C#N)=C1N(CCCN2CCCCC2)CCN1CCNC1CCCCC1. The van der Waals surface area contributed by atoms with Gasteiger partial charge >= 0.3 is 5.70 Å². The molecule has 1 saturated carbocycles. The molecule has 3 rings (SSSR count). The molecule has 6 nitrogen and oxygen atoms in total. The second-order valence-corrected chi connectivity index (χ2v) is 8.41. The number of nitrogens with zero attached hydrogens (tertiary/aromatic N) is 5. The minimum Gasteiger partial charge on any atom is -0.365 e. The van der Waals surface area contributed by atoms with E-state index in [4.69, 9.17) is 6.57 Å². The molecular weight excluding hydrogens is 348 g/mol. The molecule has 0 unspecified atom stereocenters. The van der Waals surface area contributed by atoms with E-state index in [2.05, 4.69) is 30.9 Å². The van der Waals surface area contributed by atoms with Crippen molar-refractivity contribution in [2.75, 3.05) is 52.4 Å². The molecule has 1 aliphatic carbocycles. The minimum absolute atomic E-state index is 0.258. The van der Waals surface area contributed by atoms with Crippen LogP contribution in [0.2, 0.25) is 0 Å². The highest BCUT2D eigenvalue weighted by molar-refractivity contribution is 5.33. The summed E-state index contributed by atoms with van der Waals surface area (Å²) in [4.78, 5) is 10.6. The van der Waals surface area contributed by atoms with Crippen LogP contribution in [-0.2, 0) is 0 Å². The average molecular weight is 385 g/mol. The fourth-order valence-corrected chi connectivity index (χ4v) is 4.89. The van der Waals surface area contributed by atoms with Crippen molar-refractivity contribution in [3.05, 3.63) is 22.9 Å². The summed E-state index contributed by atoms with van der Waals surface area (Å²) >= 11 is 0. The fourth-order valence-electron chi connectivity index (χ4n) is 4.89. The number of nitrogens with one attached hydrogen (secondary N) is 1. The van der Waals surface area contributed by atoms with Gasteiger partial charge in [0.25, 0.3) is 0 Å². The number of hydrogen-bond donors (Lipinski definition) is 1. The zero-order chi connectivity index (χ0) is 19.6. The molecule has 2 heterocycles. The van der Waals surface area contributed by atoms with Crippen molar-refractivity contribution < 1.29 is 0 Å². The molecule has 28 heavy (non-hydrogen) atoms. The van der Waals surface area contributed by atoms with Crippen molar-refractivity contribution in [3.8, 4) is 6.07 Å². The van der Waals surface area contributed by atoms with E-state index in [1.165, 1.54) is 64.5 Å². The first-order chi connectivity index (χ1) is 13.8. The van der Waals surface area contributed by atoms with Crippen LogP contribution in [0.15, 0.2) is 11.5 Å². The van der Waals surface area contributed by atoms with Gasteiger partial charge in [0.1, 0.15) is 5.82 Å². The molecule has 3 fully saturated rings. The van der Waals surface area contributed by atoms with E-state index in [0.29, 0.717) is 6.04 Å². The molecule has 0 radical (unpaired) electrons. The molecule has 2 saturated heterocycles. The third kappa shape index (κ3) is 5.87. The van der Waals surface area contributed by atoms with Crippen LogP contribution >= 0.6 is 0 Å². The van der Waals surface area contributed by atoms with Gasteiger partial charge in [-0.3, -0.25) is 0 Å². The van der Waals surface area contributed by atoms with Crippen molar-refractivity contribution in [1.82, 2.24) is 20.0 Å². The van der Waals surface area contributed by atoms with Crippen molar-refractivity contribution in [2.45, 2.75) is 63.8 Å². The molecule has 154 valence electrons.